The van der Waals surface area contributed by atoms with Crippen LogP contribution in [0, 0.1) is 12.8 Å². The molecule has 34 heavy (non-hydrogen) atoms. The zero-order valence-corrected chi connectivity index (χ0v) is 20.3. The highest BCUT2D eigenvalue weighted by molar-refractivity contribution is 6.04. The Kier molecular flexibility index (Phi) is 6.54. The number of ether oxygens (including phenoxy) is 2. The number of nitrogens with zero attached hydrogens (tertiary/aromatic N) is 3. The maximum atomic E-state index is 12.6. The van der Waals surface area contributed by atoms with Gasteiger partial charge in [-0.3, -0.25) is 9.59 Å². The minimum Gasteiger partial charge on any atom is -0.496 e. The molecule has 0 saturated carbocycles. The van der Waals surface area contributed by atoms with Crippen LogP contribution >= 0.6 is 0 Å². The highest BCUT2D eigenvalue weighted by Gasteiger charge is 2.37. The molecule has 9 heteroatoms. The maximum absolute atomic E-state index is 12.6. The lowest BCUT2D eigenvalue weighted by Crippen LogP contribution is -2.46. The maximum Gasteiger partial charge on any atom is 0.254 e. The molecule has 1 aromatic heterocycles. The van der Waals surface area contributed by atoms with Crippen molar-refractivity contribution in [1.82, 2.24) is 14.7 Å². The van der Waals surface area contributed by atoms with Gasteiger partial charge in [-0.15, -0.1) is 0 Å². The van der Waals surface area contributed by atoms with Crippen LogP contribution in [0.1, 0.15) is 48.1 Å². The molecule has 3 atom stereocenters. The number of rotatable bonds is 6. The number of carbonyl (C=O) groups excluding carboxylic acids is 2. The normalized spacial score (nSPS) is 21.9. The van der Waals surface area contributed by atoms with Crippen molar-refractivity contribution in [2.45, 2.75) is 45.2 Å². The average Bonchev–Trinajstić information content (AvgIpc) is 3.23. The molecule has 3 unspecified atom stereocenters. The molecule has 2 amide bonds. The molecule has 1 saturated heterocycles. The number of nitrogens with two attached hydrogens (primary N) is 1. The van der Waals surface area contributed by atoms with Gasteiger partial charge in [-0.1, -0.05) is 6.58 Å². The topological polar surface area (TPSA) is 112 Å². The number of piperidine rings is 1. The van der Waals surface area contributed by atoms with Crippen molar-refractivity contribution < 1.29 is 19.1 Å². The summed E-state index contributed by atoms with van der Waals surface area (Å²) >= 11 is 0. The van der Waals surface area contributed by atoms with Crippen LogP contribution in [0.5, 0.6) is 11.5 Å². The van der Waals surface area contributed by atoms with Crippen LogP contribution in [0.4, 0.5) is 5.82 Å². The van der Waals surface area contributed by atoms with Crippen LogP contribution in [0.3, 0.4) is 0 Å². The van der Waals surface area contributed by atoms with E-state index < -0.39 is 5.91 Å². The van der Waals surface area contributed by atoms with E-state index in [2.05, 4.69) is 18.8 Å². The lowest BCUT2D eigenvalue weighted by Gasteiger charge is -2.41. The van der Waals surface area contributed by atoms with Gasteiger partial charge in [0.25, 0.3) is 5.91 Å². The third-order valence-corrected chi connectivity index (χ3v) is 7.15. The summed E-state index contributed by atoms with van der Waals surface area (Å²) < 4.78 is 13.0. The van der Waals surface area contributed by atoms with E-state index in [1.165, 1.54) is 6.08 Å². The summed E-state index contributed by atoms with van der Waals surface area (Å²) in [4.78, 5) is 26.7. The second kappa shape index (κ2) is 9.40. The molecule has 2 aliphatic heterocycles. The van der Waals surface area contributed by atoms with E-state index in [4.69, 9.17) is 20.3 Å². The number of methoxy groups -OCH3 is 2. The van der Waals surface area contributed by atoms with Crippen molar-refractivity contribution in [3.8, 4) is 22.8 Å². The first-order valence-corrected chi connectivity index (χ1v) is 11.6. The van der Waals surface area contributed by atoms with Gasteiger partial charge in [0.2, 0.25) is 5.91 Å². The van der Waals surface area contributed by atoms with E-state index in [1.54, 1.807) is 14.2 Å². The standard InChI is InChI=1S/C25H33N5O4/c1-6-21(31)29-10-8-16(11-14(29)2)18-7-9-27-25-22(24(26)32)23(28-30(18)25)17-12-19(33-4)15(3)20(13-17)34-5/h6,12-14,16,18,27H,1,7-11H2,2-5H3,(H2,26,32). The second-order valence-corrected chi connectivity index (χ2v) is 9.04. The Bertz CT molecular complexity index is 1100. The monoisotopic (exact) mass is 467 g/mol. The molecule has 4 rings (SSSR count). The van der Waals surface area contributed by atoms with Gasteiger partial charge in [0, 0.05) is 30.3 Å². The van der Waals surface area contributed by atoms with Gasteiger partial charge in [-0.2, -0.15) is 5.10 Å². The largest absolute Gasteiger partial charge is 0.496 e. The van der Waals surface area contributed by atoms with E-state index in [1.807, 2.05) is 28.6 Å². The molecular formula is C25H33N5O4. The molecule has 3 N–H and O–H groups in total. The zero-order valence-electron chi connectivity index (χ0n) is 20.3. The van der Waals surface area contributed by atoms with Crippen LogP contribution in [-0.2, 0) is 4.79 Å². The molecule has 0 radical (unpaired) electrons. The number of amides is 2. The number of carbonyl (C=O) groups is 2. The lowest BCUT2D eigenvalue weighted by molar-refractivity contribution is -0.130. The molecule has 1 fully saturated rings. The number of fused-ring (bicyclic) bond motifs is 1. The summed E-state index contributed by atoms with van der Waals surface area (Å²) in [6, 6.07) is 3.92. The summed E-state index contributed by atoms with van der Waals surface area (Å²) in [5.41, 5.74) is 8.30. The van der Waals surface area contributed by atoms with Gasteiger partial charge in [-0.25, -0.2) is 4.68 Å². The van der Waals surface area contributed by atoms with E-state index in [0.717, 1.165) is 31.4 Å². The highest BCUT2D eigenvalue weighted by atomic mass is 16.5. The van der Waals surface area contributed by atoms with Gasteiger partial charge in [0.1, 0.15) is 28.6 Å². The summed E-state index contributed by atoms with van der Waals surface area (Å²) in [5.74, 6) is 1.69. The molecule has 0 aliphatic carbocycles. The lowest BCUT2D eigenvalue weighted by atomic mass is 9.83. The first kappa shape index (κ1) is 23.7. The van der Waals surface area contributed by atoms with Gasteiger partial charge in [0.05, 0.1) is 20.3 Å². The van der Waals surface area contributed by atoms with Crippen LogP contribution in [-0.4, -0.2) is 59.8 Å². The molecule has 2 aromatic rings. The first-order chi connectivity index (χ1) is 16.3. The third-order valence-electron chi connectivity index (χ3n) is 7.15. The Morgan fingerprint density at radius 3 is 2.47 bits per heavy atom. The van der Waals surface area contributed by atoms with E-state index in [-0.39, 0.29) is 18.0 Å². The summed E-state index contributed by atoms with van der Waals surface area (Å²) in [5, 5.41) is 8.27. The van der Waals surface area contributed by atoms with Gasteiger partial charge < -0.3 is 25.4 Å². The third kappa shape index (κ3) is 3.99. The number of anilines is 1. The van der Waals surface area contributed by atoms with Crippen molar-refractivity contribution >= 4 is 17.6 Å². The van der Waals surface area contributed by atoms with Crippen molar-refractivity contribution in [2.75, 3.05) is 32.6 Å². The minimum atomic E-state index is -0.539. The Morgan fingerprint density at radius 2 is 1.91 bits per heavy atom. The Hall–Kier alpha value is -3.49. The SMILES string of the molecule is C=CC(=O)N1CCC(C2CCNc3c(C(N)=O)c(-c4cc(OC)c(C)c(OC)c4)nn32)CC1C. The van der Waals surface area contributed by atoms with Crippen LogP contribution in [0.2, 0.25) is 0 Å². The fraction of sp³-hybridized carbons (Fsp3) is 0.480. The molecule has 0 bridgehead atoms. The molecular weight excluding hydrogens is 434 g/mol. The Balaban J connectivity index is 1.75. The number of aromatic nitrogens is 2. The van der Waals surface area contributed by atoms with Crippen molar-refractivity contribution in [2.24, 2.45) is 11.7 Å². The van der Waals surface area contributed by atoms with Gasteiger partial charge in [-0.05, 0) is 57.2 Å². The van der Waals surface area contributed by atoms with E-state index in [0.29, 0.717) is 46.6 Å². The average molecular weight is 468 g/mol. The fourth-order valence-corrected chi connectivity index (χ4v) is 5.40. The Morgan fingerprint density at radius 1 is 1.24 bits per heavy atom. The first-order valence-electron chi connectivity index (χ1n) is 11.6. The predicted molar refractivity (Wildman–Crippen MR) is 130 cm³/mol. The van der Waals surface area contributed by atoms with Crippen LogP contribution < -0.4 is 20.5 Å². The smallest absolute Gasteiger partial charge is 0.254 e. The number of benzene rings is 1. The molecule has 2 aliphatic rings. The van der Waals surface area contributed by atoms with E-state index >= 15 is 0 Å². The number of hydrogen-bond donors (Lipinski definition) is 2. The molecule has 9 nitrogen and oxygen atoms in total. The van der Waals surface area contributed by atoms with Crippen molar-refractivity contribution in [3.05, 3.63) is 35.9 Å². The number of primary amides is 1. The van der Waals surface area contributed by atoms with E-state index in [9.17, 15) is 9.59 Å². The molecule has 3 heterocycles. The van der Waals surface area contributed by atoms with Crippen molar-refractivity contribution in [3.63, 3.8) is 0 Å². The number of hydrogen-bond acceptors (Lipinski definition) is 6. The molecule has 0 spiro atoms. The van der Waals surface area contributed by atoms with Crippen LogP contribution in [0.25, 0.3) is 11.3 Å². The zero-order chi connectivity index (χ0) is 24.6. The Labute approximate surface area is 199 Å². The fourth-order valence-electron chi connectivity index (χ4n) is 5.40. The quantitative estimate of drug-likeness (QED) is 0.632. The van der Waals surface area contributed by atoms with Gasteiger partial charge >= 0.3 is 0 Å². The van der Waals surface area contributed by atoms with Crippen molar-refractivity contribution in [1.29, 1.82) is 0 Å². The predicted octanol–water partition coefficient (Wildman–Crippen LogP) is 3.14. The molecule has 182 valence electrons. The summed E-state index contributed by atoms with van der Waals surface area (Å²) in [7, 11) is 3.20. The van der Waals surface area contributed by atoms with Crippen LogP contribution in [0.15, 0.2) is 24.8 Å². The summed E-state index contributed by atoms with van der Waals surface area (Å²) in [6.45, 7) is 9.01. The molecule has 1 aromatic carbocycles. The number of nitrogens with one attached hydrogen (secondary N) is 1. The number of likely N-dealkylation sites (tertiary alicyclic amines) is 1. The highest BCUT2D eigenvalue weighted by Crippen LogP contribution is 2.42. The summed E-state index contributed by atoms with van der Waals surface area (Å²) in [6.07, 6.45) is 3.97. The second-order valence-electron chi connectivity index (χ2n) is 9.04. The minimum absolute atomic E-state index is 0.0309. The van der Waals surface area contributed by atoms with Gasteiger partial charge in [0.15, 0.2) is 0 Å².